The molecule has 7 nitrogen and oxygen atoms in total. The summed E-state index contributed by atoms with van der Waals surface area (Å²) in [5.41, 5.74) is 1.78. The first-order chi connectivity index (χ1) is 17.9. The molecule has 1 atom stereocenters. The second-order valence-electron chi connectivity index (χ2n) is 9.53. The number of likely N-dealkylation sites (tertiary alicyclic amines) is 1. The third-order valence-corrected chi connectivity index (χ3v) is 6.92. The average Bonchev–Trinajstić information content (AvgIpc) is 3.15. The van der Waals surface area contributed by atoms with E-state index >= 15 is 0 Å². The molecule has 37 heavy (non-hydrogen) atoms. The fourth-order valence-electron chi connectivity index (χ4n) is 4.86. The van der Waals surface area contributed by atoms with Gasteiger partial charge in [0.25, 0.3) is 11.7 Å². The molecule has 0 radical (unpaired) electrons. The van der Waals surface area contributed by atoms with Gasteiger partial charge in [-0.1, -0.05) is 25.5 Å². The van der Waals surface area contributed by atoms with E-state index in [0.29, 0.717) is 49.7 Å². The molecular weight excluding hydrogens is 475 g/mol. The van der Waals surface area contributed by atoms with E-state index in [1.165, 1.54) is 17.0 Å². The molecule has 2 heterocycles. The number of hydrogen-bond donors (Lipinski definition) is 1. The molecule has 198 valence electrons. The Bertz CT molecular complexity index is 1140. The fraction of sp³-hybridized carbons (Fsp3) is 0.448. The van der Waals surface area contributed by atoms with Gasteiger partial charge >= 0.3 is 0 Å². The van der Waals surface area contributed by atoms with Crippen molar-refractivity contribution in [3.8, 4) is 5.75 Å². The predicted molar refractivity (Wildman–Crippen MR) is 139 cm³/mol. The number of rotatable bonds is 10. The van der Waals surface area contributed by atoms with Crippen LogP contribution in [0.15, 0.2) is 48.0 Å². The molecule has 4 rings (SSSR count). The highest BCUT2D eigenvalue weighted by atomic mass is 19.1. The number of aliphatic hydroxyl groups is 1. The van der Waals surface area contributed by atoms with E-state index in [2.05, 4.69) is 11.8 Å². The van der Waals surface area contributed by atoms with Gasteiger partial charge in [0.1, 0.15) is 17.3 Å². The molecule has 0 unspecified atom stereocenters. The number of Topliss-reactive ketones (excluding diaryl/α,β-unsaturated/α-hetero) is 1. The molecular formula is C29H35FN2O5. The smallest absolute Gasteiger partial charge is 0.295 e. The molecule has 8 heteroatoms. The van der Waals surface area contributed by atoms with Gasteiger partial charge in [0.15, 0.2) is 0 Å². The number of halogens is 1. The summed E-state index contributed by atoms with van der Waals surface area (Å²) in [6.45, 7) is 8.64. The van der Waals surface area contributed by atoms with E-state index < -0.39 is 23.5 Å². The zero-order chi connectivity index (χ0) is 26.4. The van der Waals surface area contributed by atoms with Gasteiger partial charge in [-0.15, -0.1) is 0 Å². The van der Waals surface area contributed by atoms with Crippen LogP contribution in [0.5, 0.6) is 5.75 Å². The molecule has 0 spiro atoms. The first-order valence-corrected chi connectivity index (χ1v) is 13.0. The topological polar surface area (TPSA) is 79.3 Å². The van der Waals surface area contributed by atoms with E-state index in [-0.39, 0.29) is 11.3 Å². The Labute approximate surface area is 217 Å². The summed E-state index contributed by atoms with van der Waals surface area (Å²) < 4.78 is 24.9. The molecule has 0 aliphatic carbocycles. The lowest BCUT2D eigenvalue weighted by Gasteiger charge is -2.29. The lowest BCUT2D eigenvalue weighted by molar-refractivity contribution is -0.140. The van der Waals surface area contributed by atoms with E-state index in [1.54, 1.807) is 24.3 Å². The summed E-state index contributed by atoms with van der Waals surface area (Å²) in [6, 6.07) is 10.2. The first-order valence-electron chi connectivity index (χ1n) is 13.0. The van der Waals surface area contributed by atoms with Gasteiger partial charge in [-0.05, 0) is 61.2 Å². The molecule has 2 aromatic carbocycles. The highest BCUT2D eigenvalue weighted by molar-refractivity contribution is 6.46. The van der Waals surface area contributed by atoms with Gasteiger partial charge in [-0.2, -0.15) is 0 Å². The van der Waals surface area contributed by atoms with Crippen molar-refractivity contribution >= 4 is 17.4 Å². The van der Waals surface area contributed by atoms with Gasteiger partial charge in [0, 0.05) is 31.7 Å². The minimum Gasteiger partial charge on any atom is -0.507 e. The lowest BCUT2D eigenvalue weighted by atomic mass is 9.94. The fourth-order valence-corrected chi connectivity index (χ4v) is 4.86. The number of ether oxygens (including phenoxy) is 2. The average molecular weight is 511 g/mol. The van der Waals surface area contributed by atoms with Crippen molar-refractivity contribution in [2.24, 2.45) is 0 Å². The third kappa shape index (κ3) is 6.19. The number of hydrogen-bond acceptors (Lipinski definition) is 6. The largest absolute Gasteiger partial charge is 0.507 e. The Balaban J connectivity index is 1.64. The first kappa shape index (κ1) is 26.8. The summed E-state index contributed by atoms with van der Waals surface area (Å²) in [4.78, 5) is 30.2. The number of morpholine rings is 1. The minimum atomic E-state index is -0.801. The number of unbranched alkanes of at least 4 members (excludes halogenated alkanes) is 1. The number of amides is 1. The van der Waals surface area contributed by atoms with Crippen LogP contribution in [-0.4, -0.2) is 72.6 Å². The molecule has 2 aliphatic rings. The van der Waals surface area contributed by atoms with Crippen LogP contribution in [0.2, 0.25) is 0 Å². The van der Waals surface area contributed by atoms with Gasteiger partial charge in [-0.25, -0.2) is 4.39 Å². The Kier molecular flexibility index (Phi) is 8.95. The van der Waals surface area contributed by atoms with Crippen molar-refractivity contribution in [3.05, 3.63) is 70.5 Å². The molecule has 1 N–H and O–H groups in total. The van der Waals surface area contributed by atoms with Crippen LogP contribution in [0.1, 0.15) is 48.9 Å². The van der Waals surface area contributed by atoms with Gasteiger partial charge < -0.3 is 19.5 Å². The van der Waals surface area contributed by atoms with Crippen molar-refractivity contribution < 1.29 is 28.6 Å². The molecule has 1 amide bonds. The van der Waals surface area contributed by atoms with Crippen molar-refractivity contribution in [2.45, 2.75) is 39.2 Å². The summed E-state index contributed by atoms with van der Waals surface area (Å²) in [5.74, 6) is -1.36. The lowest BCUT2D eigenvalue weighted by Crippen LogP contribution is -2.38. The number of carbonyl (C=O) groups is 2. The normalized spacial score (nSPS) is 20.0. The minimum absolute atomic E-state index is 0.0192. The number of aliphatic hydroxyl groups excluding tert-OH is 1. The van der Waals surface area contributed by atoms with Crippen molar-refractivity contribution in [2.75, 3.05) is 46.0 Å². The highest BCUT2D eigenvalue weighted by Crippen LogP contribution is 2.40. The molecule has 0 bridgehead atoms. The molecule has 2 aromatic rings. The zero-order valence-electron chi connectivity index (χ0n) is 21.5. The molecule has 2 fully saturated rings. The zero-order valence-corrected chi connectivity index (χ0v) is 21.5. The quantitative estimate of drug-likeness (QED) is 0.220. The predicted octanol–water partition coefficient (Wildman–Crippen LogP) is 4.46. The standard InChI is InChI=1S/C29H35FN2O5/c1-3-4-16-37-23-10-11-24(20(2)19-23)27(33)25-26(21-6-8-22(30)9-7-21)32(29(35)28(25)34)13-5-12-31-14-17-36-18-15-31/h6-11,19,26,33H,3-5,12-18H2,1-2H3/b27-25+/t26-/m0/s1. The maximum atomic E-state index is 13.7. The van der Waals surface area contributed by atoms with Gasteiger partial charge in [-0.3, -0.25) is 14.5 Å². The van der Waals surface area contributed by atoms with Crippen LogP contribution < -0.4 is 4.74 Å². The SMILES string of the molecule is CCCCOc1ccc(/C(O)=C2\C(=O)C(=O)N(CCCN3CCOCC3)[C@H]2c2ccc(F)cc2)c(C)c1. The maximum Gasteiger partial charge on any atom is 0.295 e. The van der Waals surface area contributed by atoms with E-state index in [1.807, 2.05) is 13.0 Å². The van der Waals surface area contributed by atoms with Crippen LogP contribution in [0.3, 0.4) is 0 Å². The molecule has 2 saturated heterocycles. The Morgan fingerprint density at radius 3 is 2.49 bits per heavy atom. The van der Waals surface area contributed by atoms with E-state index in [9.17, 15) is 19.1 Å². The Morgan fingerprint density at radius 1 is 1.08 bits per heavy atom. The number of ketones is 1. The van der Waals surface area contributed by atoms with E-state index in [4.69, 9.17) is 9.47 Å². The summed E-state index contributed by atoms with van der Waals surface area (Å²) in [5, 5.41) is 11.4. The number of nitrogens with zero attached hydrogens (tertiary/aromatic N) is 2. The number of aryl methyl sites for hydroxylation is 1. The van der Waals surface area contributed by atoms with Gasteiger partial charge in [0.05, 0.1) is 31.4 Å². The van der Waals surface area contributed by atoms with Crippen LogP contribution in [0.25, 0.3) is 5.76 Å². The van der Waals surface area contributed by atoms with Crippen LogP contribution in [0, 0.1) is 12.7 Å². The molecule has 0 aromatic heterocycles. The molecule has 2 aliphatic heterocycles. The van der Waals surface area contributed by atoms with E-state index in [0.717, 1.165) is 38.0 Å². The Morgan fingerprint density at radius 2 is 1.81 bits per heavy atom. The summed E-state index contributed by atoms with van der Waals surface area (Å²) in [7, 11) is 0. The second-order valence-corrected chi connectivity index (χ2v) is 9.53. The van der Waals surface area contributed by atoms with Gasteiger partial charge in [0.2, 0.25) is 0 Å². The van der Waals surface area contributed by atoms with Crippen LogP contribution in [0.4, 0.5) is 4.39 Å². The number of benzene rings is 2. The summed E-state index contributed by atoms with van der Waals surface area (Å²) >= 11 is 0. The monoisotopic (exact) mass is 510 g/mol. The maximum absolute atomic E-state index is 13.7. The number of carbonyl (C=O) groups excluding carboxylic acids is 2. The molecule has 0 saturated carbocycles. The third-order valence-electron chi connectivity index (χ3n) is 6.92. The van der Waals surface area contributed by atoms with Crippen LogP contribution in [-0.2, 0) is 14.3 Å². The van der Waals surface area contributed by atoms with Crippen molar-refractivity contribution in [1.29, 1.82) is 0 Å². The van der Waals surface area contributed by atoms with Crippen molar-refractivity contribution in [3.63, 3.8) is 0 Å². The van der Waals surface area contributed by atoms with Crippen LogP contribution >= 0.6 is 0 Å². The Hall–Kier alpha value is -3.23. The summed E-state index contributed by atoms with van der Waals surface area (Å²) in [6.07, 6.45) is 2.62. The van der Waals surface area contributed by atoms with Crippen molar-refractivity contribution in [1.82, 2.24) is 9.80 Å². The highest BCUT2D eigenvalue weighted by Gasteiger charge is 2.46. The second kappa shape index (κ2) is 12.3.